The monoisotopic (exact) mass is 254 g/mol. The third-order valence-electron chi connectivity index (χ3n) is 4.44. The van der Waals surface area contributed by atoms with Gasteiger partial charge in [-0.3, -0.25) is 9.69 Å². The average molecular weight is 254 g/mol. The van der Waals surface area contributed by atoms with E-state index in [1.165, 1.54) is 12.8 Å². The lowest BCUT2D eigenvalue weighted by molar-refractivity contribution is -0.128. The van der Waals surface area contributed by atoms with Gasteiger partial charge in [0.2, 0.25) is 5.91 Å². The summed E-state index contributed by atoms with van der Waals surface area (Å²) in [5, 5.41) is 3.29. The minimum atomic E-state index is -0.0894. The molecule has 1 atom stereocenters. The van der Waals surface area contributed by atoms with Crippen molar-refractivity contribution in [1.29, 1.82) is 0 Å². The predicted octanol–water partition coefficient (Wildman–Crippen LogP) is 1.55. The number of methoxy groups -OCH3 is 1. The Kier molecular flexibility index (Phi) is 4.62. The second-order valence-corrected chi connectivity index (χ2v) is 5.70. The van der Waals surface area contributed by atoms with Crippen molar-refractivity contribution in [2.45, 2.75) is 57.0 Å². The van der Waals surface area contributed by atoms with Crippen LogP contribution in [-0.4, -0.2) is 49.2 Å². The Morgan fingerprint density at radius 3 is 2.72 bits per heavy atom. The molecule has 1 N–H and O–H groups in total. The van der Waals surface area contributed by atoms with Crippen LogP contribution in [-0.2, 0) is 9.53 Å². The van der Waals surface area contributed by atoms with Gasteiger partial charge >= 0.3 is 0 Å². The van der Waals surface area contributed by atoms with Gasteiger partial charge < -0.3 is 10.1 Å². The van der Waals surface area contributed by atoms with Gasteiger partial charge in [0.25, 0.3) is 0 Å². The summed E-state index contributed by atoms with van der Waals surface area (Å²) in [7, 11) is 1.72. The van der Waals surface area contributed by atoms with Gasteiger partial charge in [0, 0.05) is 7.11 Å². The minimum absolute atomic E-state index is 0.0873. The van der Waals surface area contributed by atoms with E-state index in [4.69, 9.17) is 4.74 Å². The molecule has 0 radical (unpaired) electrons. The predicted molar refractivity (Wildman–Crippen MR) is 71.5 cm³/mol. The fourth-order valence-corrected chi connectivity index (χ4v) is 3.48. The van der Waals surface area contributed by atoms with E-state index < -0.39 is 0 Å². The molecule has 2 aliphatic rings. The van der Waals surface area contributed by atoms with Gasteiger partial charge in [-0.05, 0) is 38.8 Å². The summed E-state index contributed by atoms with van der Waals surface area (Å²) >= 11 is 0. The van der Waals surface area contributed by atoms with Crippen LogP contribution in [0.3, 0.4) is 0 Å². The van der Waals surface area contributed by atoms with E-state index in [2.05, 4.69) is 17.1 Å². The Morgan fingerprint density at radius 1 is 1.39 bits per heavy atom. The van der Waals surface area contributed by atoms with Crippen LogP contribution in [0.4, 0.5) is 0 Å². The zero-order valence-corrected chi connectivity index (χ0v) is 11.7. The minimum Gasteiger partial charge on any atom is -0.382 e. The maximum atomic E-state index is 12.4. The molecule has 1 aliphatic carbocycles. The second kappa shape index (κ2) is 6.02. The zero-order valence-electron chi connectivity index (χ0n) is 11.7. The molecule has 0 aromatic rings. The third kappa shape index (κ3) is 2.86. The summed E-state index contributed by atoms with van der Waals surface area (Å²) in [5.74, 6) is 0.216. The molecule has 4 nitrogen and oxygen atoms in total. The number of nitrogens with zero attached hydrogens (tertiary/aromatic N) is 1. The standard InChI is InChI=1S/C14H26N2O2/c1-3-16-10-6-7-12(16)13(17)15-14(11-18-2)8-4-5-9-14/h12H,3-11H2,1-2H3,(H,15,17)/t12-/m0/s1. The van der Waals surface area contributed by atoms with Crippen LogP contribution < -0.4 is 5.32 Å². The lowest BCUT2D eigenvalue weighted by Gasteiger charge is -2.32. The quantitative estimate of drug-likeness (QED) is 0.809. The third-order valence-corrected chi connectivity index (χ3v) is 4.44. The van der Waals surface area contributed by atoms with Crippen molar-refractivity contribution in [3.63, 3.8) is 0 Å². The van der Waals surface area contributed by atoms with Crippen molar-refractivity contribution in [1.82, 2.24) is 10.2 Å². The Labute approximate surface area is 110 Å². The maximum absolute atomic E-state index is 12.4. The lowest BCUT2D eigenvalue weighted by Crippen LogP contribution is -2.55. The normalized spacial score (nSPS) is 27.6. The molecule has 2 fully saturated rings. The van der Waals surface area contributed by atoms with Crippen molar-refractivity contribution in [3.05, 3.63) is 0 Å². The van der Waals surface area contributed by atoms with Crippen LogP contribution in [0.25, 0.3) is 0 Å². The number of carbonyl (C=O) groups excluding carboxylic acids is 1. The van der Waals surface area contributed by atoms with Crippen molar-refractivity contribution in [2.24, 2.45) is 0 Å². The molecule has 0 bridgehead atoms. The number of hydrogen-bond acceptors (Lipinski definition) is 3. The molecule has 4 heteroatoms. The molecule has 0 unspecified atom stereocenters. The fourth-order valence-electron chi connectivity index (χ4n) is 3.48. The first-order chi connectivity index (χ1) is 8.71. The zero-order chi connectivity index (χ0) is 13.0. The SMILES string of the molecule is CCN1CCC[C@H]1C(=O)NC1(COC)CCCC1. The number of ether oxygens (including phenoxy) is 1. The first-order valence-electron chi connectivity index (χ1n) is 7.26. The van der Waals surface area contributed by atoms with E-state index >= 15 is 0 Å². The smallest absolute Gasteiger partial charge is 0.237 e. The van der Waals surface area contributed by atoms with Gasteiger partial charge in [0.1, 0.15) is 0 Å². The summed E-state index contributed by atoms with van der Waals surface area (Å²) in [6, 6.07) is 0.0873. The maximum Gasteiger partial charge on any atom is 0.237 e. The van der Waals surface area contributed by atoms with Gasteiger partial charge in [0.05, 0.1) is 18.2 Å². The van der Waals surface area contributed by atoms with Crippen LogP contribution >= 0.6 is 0 Å². The van der Waals surface area contributed by atoms with E-state index in [1.54, 1.807) is 7.11 Å². The van der Waals surface area contributed by atoms with Crippen molar-refractivity contribution in [3.8, 4) is 0 Å². The van der Waals surface area contributed by atoms with E-state index in [1.807, 2.05) is 0 Å². The highest BCUT2D eigenvalue weighted by Crippen LogP contribution is 2.30. The van der Waals surface area contributed by atoms with E-state index in [9.17, 15) is 4.79 Å². The van der Waals surface area contributed by atoms with E-state index in [0.29, 0.717) is 6.61 Å². The molecule has 1 aliphatic heterocycles. The van der Waals surface area contributed by atoms with Crippen molar-refractivity contribution >= 4 is 5.91 Å². The topological polar surface area (TPSA) is 41.6 Å². The number of amides is 1. The van der Waals surface area contributed by atoms with E-state index in [-0.39, 0.29) is 17.5 Å². The molecule has 104 valence electrons. The summed E-state index contributed by atoms with van der Waals surface area (Å²) in [6.45, 7) is 4.81. The summed E-state index contributed by atoms with van der Waals surface area (Å²) in [6.07, 6.45) is 6.67. The molecular weight excluding hydrogens is 228 g/mol. The lowest BCUT2D eigenvalue weighted by atomic mass is 9.98. The number of hydrogen-bond donors (Lipinski definition) is 1. The van der Waals surface area contributed by atoms with Crippen LogP contribution in [0.1, 0.15) is 45.4 Å². The number of rotatable bonds is 5. The Balaban J connectivity index is 1.96. The molecule has 1 saturated heterocycles. The van der Waals surface area contributed by atoms with Crippen LogP contribution in [0.15, 0.2) is 0 Å². The molecule has 1 amide bonds. The fraction of sp³-hybridized carbons (Fsp3) is 0.929. The van der Waals surface area contributed by atoms with Crippen molar-refractivity contribution in [2.75, 3.05) is 26.8 Å². The Morgan fingerprint density at radius 2 is 2.11 bits per heavy atom. The largest absolute Gasteiger partial charge is 0.382 e. The van der Waals surface area contributed by atoms with Crippen LogP contribution in [0.5, 0.6) is 0 Å². The highest BCUT2D eigenvalue weighted by molar-refractivity contribution is 5.82. The summed E-state index contributed by atoms with van der Waals surface area (Å²) in [4.78, 5) is 14.7. The summed E-state index contributed by atoms with van der Waals surface area (Å²) < 4.78 is 5.32. The van der Waals surface area contributed by atoms with Gasteiger partial charge in [-0.15, -0.1) is 0 Å². The second-order valence-electron chi connectivity index (χ2n) is 5.70. The number of nitrogens with one attached hydrogen (secondary N) is 1. The number of carbonyl (C=O) groups is 1. The molecular formula is C14H26N2O2. The Hall–Kier alpha value is -0.610. The van der Waals surface area contributed by atoms with Crippen LogP contribution in [0.2, 0.25) is 0 Å². The first-order valence-corrected chi connectivity index (χ1v) is 7.26. The molecule has 1 saturated carbocycles. The molecule has 18 heavy (non-hydrogen) atoms. The highest BCUT2D eigenvalue weighted by atomic mass is 16.5. The molecule has 2 rings (SSSR count). The Bertz CT molecular complexity index is 288. The molecule has 0 spiro atoms. The molecule has 1 heterocycles. The first kappa shape index (κ1) is 13.8. The number of likely N-dealkylation sites (N-methyl/N-ethyl adjacent to an activating group) is 1. The van der Waals surface area contributed by atoms with Gasteiger partial charge in [0.15, 0.2) is 0 Å². The molecule has 0 aromatic heterocycles. The van der Waals surface area contributed by atoms with Gasteiger partial charge in [-0.1, -0.05) is 19.8 Å². The van der Waals surface area contributed by atoms with Gasteiger partial charge in [-0.2, -0.15) is 0 Å². The molecule has 0 aromatic carbocycles. The van der Waals surface area contributed by atoms with Gasteiger partial charge in [-0.25, -0.2) is 0 Å². The number of likely N-dealkylation sites (tertiary alicyclic amines) is 1. The van der Waals surface area contributed by atoms with Crippen molar-refractivity contribution < 1.29 is 9.53 Å². The average Bonchev–Trinajstić information content (AvgIpc) is 2.98. The highest BCUT2D eigenvalue weighted by Gasteiger charge is 2.38. The van der Waals surface area contributed by atoms with Crippen LogP contribution in [0, 0.1) is 0 Å². The summed E-state index contributed by atoms with van der Waals surface area (Å²) in [5.41, 5.74) is -0.0894. The van der Waals surface area contributed by atoms with E-state index in [0.717, 1.165) is 38.8 Å².